The second-order valence-electron chi connectivity index (χ2n) is 7.95. The van der Waals surface area contributed by atoms with Gasteiger partial charge in [0.1, 0.15) is 10.6 Å². The molecule has 5 rings (SSSR count). The Kier molecular flexibility index (Phi) is 6.80. The monoisotopic (exact) mass is 512 g/mol. The van der Waals surface area contributed by atoms with Gasteiger partial charge in [-0.1, -0.05) is 78.3 Å². The first-order chi connectivity index (χ1) is 17.6. The van der Waals surface area contributed by atoms with Crippen LogP contribution in [0.4, 0.5) is 5.00 Å². The lowest BCUT2D eigenvalue weighted by Gasteiger charge is -2.12. The number of benzene rings is 3. The third kappa shape index (κ3) is 4.61. The van der Waals surface area contributed by atoms with Crippen LogP contribution in [0.25, 0.3) is 33.3 Å². The predicted octanol–water partition coefficient (Wildman–Crippen LogP) is 7.71. The fourth-order valence-corrected chi connectivity index (χ4v) is 5.21. The minimum absolute atomic E-state index is 0.229. The van der Waals surface area contributed by atoms with Crippen molar-refractivity contribution in [1.82, 2.24) is 4.98 Å². The van der Waals surface area contributed by atoms with Gasteiger partial charge in [-0.25, -0.2) is 9.78 Å². The SMILES string of the molecule is CCOC(=O)c1c(-c2ccccc2)csc1NC(=O)c1cc(-c2ccccc2Cl)nc2ccccc12. The van der Waals surface area contributed by atoms with E-state index in [1.54, 1.807) is 19.1 Å². The van der Waals surface area contributed by atoms with E-state index in [0.717, 1.165) is 11.1 Å². The Bertz CT molecular complexity index is 1580. The predicted molar refractivity (Wildman–Crippen MR) is 146 cm³/mol. The molecular weight excluding hydrogens is 492 g/mol. The number of para-hydroxylation sites is 1. The maximum atomic E-state index is 13.7. The number of hydrogen-bond acceptors (Lipinski definition) is 5. The summed E-state index contributed by atoms with van der Waals surface area (Å²) in [5, 5.41) is 6.49. The molecule has 0 aliphatic carbocycles. The van der Waals surface area contributed by atoms with Crippen molar-refractivity contribution in [1.29, 1.82) is 0 Å². The molecule has 0 aliphatic rings. The van der Waals surface area contributed by atoms with Crippen LogP contribution in [0.3, 0.4) is 0 Å². The van der Waals surface area contributed by atoms with Crippen LogP contribution < -0.4 is 5.32 Å². The van der Waals surface area contributed by atoms with Crippen LogP contribution in [-0.2, 0) is 4.74 Å². The zero-order chi connectivity index (χ0) is 25.1. The molecule has 0 bridgehead atoms. The van der Waals surface area contributed by atoms with Gasteiger partial charge in [0, 0.05) is 26.9 Å². The number of esters is 1. The quantitative estimate of drug-likeness (QED) is 0.236. The molecule has 0 saturated heterocycles. The van der Waals surface area contributed by atoms with Crippen molar-refractivity contribution < 1.29 is 14.3 Å². The number of halogens is 1. The van der Waals surface area contributed by atoms with Gasteiger partial charge in [-0.3, -0.25) is 4.79 Å². The third-order valence-electron chi connectivity index (χ3n) is 5.69. The molecular formula is C29H21ClN2O3S. The van der Waals surface area contributed by atoms with E-state index in [1.165, 1.54) is 11.3 Å². The largest absolute Gasteiger partial charge is 0.462 e. The van der Waals surface area contributed by atoms with Gasteiger partial charge < -0.3 is 10.1 Å². The van der Waals surface area contributed by atoms with E-state index in [0.29, 0.717) is 43.3 Å². The van der Waals surface area contributed by atoms with Gasteiger partial charge in [-0.05, 0) is 30.7 Å². The minimum Gasteiger partial charge on any atom is -0.462 e. The zero-order valence-corrected chi connectivity index (χ0v) is 20.9. The Balaban J connectivity index is 1.59. The highest BCUT2D eigenvalue weighted by Crippen LogP contribution is 2.37. The van der Waals surface area contributed by atoms with E-state index >= 15 is 0 Å². The number of amides is 1. The highest BCUT2D eigenvalue weighted by Gasteiger charge is 2.24. The molecule has 5 aromatic rings. The molecule has 0 radical (unpaired) electrons. The smallest absolute Gasteiger partial charge is 0.341 e. The van der Waals surface area contributed by atoms with E-state index in [1.807, 2.05) is 78.2 Å². The summed E-state index contributed by atoms with van der Waals surface area (Å²) < 4.78 is 5.33. The molecule has 3 aromatic carbocycles. The van der Waals surface area contributed by atoms with E-state index in [2.05, 4.69) is 5.32 Å². The summed E-state index contributed by atoms with van der Waals surface area (Å²) in [7, 11) is 0. The molecule has 0 saturated carbocycles. The standard InChI is InChI=1S/C29H21ClN2O3S/c1-2-35-29(34)26-22(18-10-4-3-5-11-18)17-36-28(26)32-27(33)21-16-25(20-13-6-8-14-23(20)30)31-24-15-9-7-12-19(21)24/h3-17H,2H2,1H3,(H,32,33). The number of rotatable bonds is 6. The highest BCUT2D eigenvalue weighted by atomic mass is 35.5. The number of fused-ring (bicyclic) bond motifs is 1. The fraction of sp³-hybridized carbons (Fsp3) is 0.0690. The molecule has 2 heterocycles. The van der Waals surface area contributed by atoms with Gasteiger partial charge in [0.2, 0.25) is 0 Å². The summed E-state index contributed by atoms with van der Waals surface area (Å²) in [5.41, 5.74) is 4.34. The van der Waals surface area contributed by atoms with Crippen molar-refractivity contribution in [2.75, 3.05) is 11.9 Å². The van der Waals surface area contributed by atoms with Crippen LogP contribution in [-0.4, -0.2) is 23.5 Å². The lowest BCUT2D eigenvalue weighted by atomic mass is 10.0. The number of carbonyl (C=O) groups excluding carboxylic acids is 2. The van der Waals surface area contributed by atoms with Crippen LogP contribution in [0.5, 0.6) is 0 Å². The maximum absolute atomic E-state index is 13.7. The Labute approximate surface area is 217 Å². The minimum atomic E-state index is -0.482. The molecule has 36 heavy (non-hydrogen) atoms. The van der Waals surface area contributed by atoms with Gasteiger partial charge in [-0.2, -0.15) is 0 Å². The highest BCUT2D eigenvalue weighted by molar-refractivity contribution is 7.15. The number of thiophene rings is 1. The molecule has 0 unspecified atom stereocenters. The lowest BCUT2D eigenvalue weighted by Crippen LogP contribution is -2.15. The second kappa shape index (κ2) is 10.3. The Morgan fingerprint density at radius 1 is 0.944 bits per heavy atom. The zero-order valence-electron chi connectivity index (χ0n) is 19.3. The molecule has 5 nitrogen and oxygen atoms in total. The average molecular weight is 513 g/mol. The molecule has 178 valence electrons. The summed E-state index contributed by atoms with van der Waals surface area (Å²) in [6.07, 6.45) is 0. The number of aromatic nitrogens is 1. The van der Waals surface area contributed by atoms with Crippen LogP contribution in [0.2, 0.25) is 5.02 Å². The maximum Gasteiger partial charge on any atom is 0.341 e. The van der Waals surface area contributed by atoms with Crippen molar-refractivity contribution in [2.45, 2.75) is 6.92 Å². The van der Waals surface area contributed by atoms with E-state index in [9.17, 15) is 9.59 Å². The molecule has 1 N–H and O–H groups in total. The molecule has 1 amide bonds. The van der Waals surface area contributed by atoms with Gasteiger partial charge >= 0.3 is 5.97 Å². The third-order valence-corrected chi connectivity index (χ3v) is 6.92. The van der Waals surface area contributed by atoms with Gasteiger partial charge in [0.25, 0.3) is 5.91 Å². The second-order valence-corrected chi connectivity index (χ2v) is 9.23. The number of carbonyl (C=O) groups is 2. The molecule has 2 aromatic heterocycles. The van der Waals surface area contributed by atoms with Gasteiger partial charge in [-0.15, -0.1) is 11.3 Å². The number of nitrogens with one attached hydrogen (secondary N) is 1. The van der Waals surface area contributed by atoms with Crippen molar-refractivity contribution in [3.63, 3.8) is 0 Å². The van der Waals surface area contributed by atoms with Gasteiger partial charge in [0.05, 0.1) is 23.4 Å². The van der Waals surface area contributed by atoms with Crippen molar-refractivity contribution in [2.24, 2.45) is 0 Å². The normalized spacial score (nSPS) is 10.8. The molecule has 0 spiro atoms. The summed E-state index contributed by atoms with van der Waals surface area (Å²) >= 11 is 7.71. The van der Waals surface area contributed by atoms with Crippen molar-refractivity contribution in [3.8, 4) is 22.4 Å². The average Bonchev–Trinajstić information content (AvgIpc) is 3.32. The van der Waals surface area contributed by atoms with Crippen LogP contribution in [0.1, 0.15) is 27.6 Å². The van der Waals surface area contributed by atoms with E-state index in [-0.39, 0.29) is 12.5 Å². The Morgan fingerprint density at radius 2 is 1.67 bits per heavy atom. The molecule has 0 aliphatic heterocycles. The first-order valence-corrected chi connectivity index (χ1v) is 12.6. The van der Waals surface area contributed by atoms with Crippen LogP contribution in [0, 0.1) is 0 Å². The molecule has 7 heteroatoms. The Morgan fingerprint density at radius 3 is 2.44 bits per heavy atom. The van der Waals surface area contributed by atoms with Crippen molar-refractivity contribution >= 4 is 50.7 Å². The van der Waals surface area contributed by atoms with E-state index in [4.69, 9.17) is 21.3 Å². The summed E-state index contributed by atoms with van der Waals surface area (Å²) in [5.74, 6) is -0.835. The molecule has 0 fully saturated rings. The van der Waals surface area contributed by atoms with Crippen molar-refractivity contribution in [3.05, 3.63) is 106 Å². The topological polar surface area (TPSA) is 68.3 Å². The first kappa shape index (κ1) is 23.7. The summed E-state index contributed by atoms with van der Waals surface area (Å²) in [6.45, 7) is 1.98. The van der Waals surface area contributed by atoms with Crippen LogP contribution in [0.15, 0.2) is 90.3 Å². The lowest BCUT2D eigenvalue weighted by molar-refractivity contribution is 0.0529. The number of pyridine rings is 1. The molecule has 0 atom stereocenters. The van der Waals surface area contributed by atoms with Gasteiger partial charge in [0.15, 0.2) is 0 Å². The van der Waals surface area contributed by atoms with Crippen LogP contribution >= 0.6 is 22.9 Å². The summed E-state index contributed by atoms with van der Waals surface area (Å²) in [6, 6.07) is 26.1. The summed E-state index contributed by atoms with van der Waals surface area (Å²) in [4.78, 5) is 31.3. The number of nitrogens with zero attached hydrogens (tertiary/aromatic N) is 1. The number of ether oxygens (including phenoxy) is 1. The van der Waals surface area contributed by atoms with E-state index < -0.39 is 5.97 Å². The Hall–Kier alpha value is -4.00. The number of hydrogen-bond donors (Lipinski definition) is 1. The number of anilines is 1. The first-order valence-electron chi connectivity index (χ1n) is 11.4. The fourth-order valence-electron chi connectivity index (χ4n) is 4.03.